The van der Waals surface area contributed by atoms with Gasteiger partial charge in [-0.1, -0.05) is 0 Å². The molecule has 0 radical (unpaired) electrons. The molecule has 0 unspecified atom stereocenters. The first kappa shape index (κ1) is 10.8. The fraction of sp³-hybridized carbons (Fsp3) is 0.100. The number of H-pyrrole nitrogens is 1. The average molecular weight is 283 g/mol. The number of aromatic nitrogens is 2. The summed E-state index contributed by atoms with van der Waals surface area (Å²) in [4.78, 5) is 22.1. The Morgan fingerprint density at radius 1 is 1.56 bits per heavy atom. The Bertz CT molecular complexity index is 577. The van der Waals surface area contributed by atoms with Gasteiger partial charge >= 0.3 is 5.97 Å². The minimum Gasteiger partial charge on any atom is -0.465 e. The summed E-state index contributed by atoms with van der Waals surface area (Å²) in [6.07, 6.45) is 0.656. The van der Waals surface area contributed by atoms with E-state index >= 15 is 0 Å². The van der Waals surface area contributed by atoms with E-state index in [1.165, 1.54) is 7.11 Å². The van der Waals surface area contributed by atoms with Crippen LogP contribution >= 0.6 is 15.9 Å². The second-order valence-corrected chi connectivity index (χ2v) is 3.96. The van der Waals surface area contributed by atoms with E-state index in [2.05, 4.69) is 30.9 Å². The molecule has 1 N–H and O–H groups in total. The quantitative estimate of drug-likeness (QED) is 0.675. The summed E-state index contributed by atoms with van der Waals surface area (Å²) >= 11 is 3.28. The topological polar surface area (TPSA) is 72.0 Å². The highest BCUT2D eigenvalue weighted by atomic mass is 79.9. The summed E-state index contributed by atoms with van der Waals surface area (Å²) in [6.45, 7) is 0. The molecule has 16 heavy (non-hydrogen) atoms. The van der Waals surface area contributed by atoms with Crippen molar-refractivity contribution in [3.8, 4) is 0 Å². The summed E-state index contributed by atoms with van der Waals surface area (Å²) < 4.78 is 5.25. The third-order valence-corrected chi connectivity index (χ3v) is 2.79. The lowest BCUT2D eigenvalue weighted by molar-refractivity contribution is 0.0600. The maximum Gasteiger partial charge on any atom is 0.337 e. The first-order valence-corrected chi connectivity index (χ1v) is 5.17. The predicted molar refractivity (Wildman–Crippen MR) is 60.5 cm³/mol. The first-order valence-electron chi connectivity index (χ1n) is 4.38. The van der Waals surface area contributed by atoms with Crippen LogP contribution in [0.25, 0.3) is 10.9 Å². The fourth-order valence-corrected chi connectivity index (χ4v) is 1.97. The highest BCUT2D eigenvalue weighted by Crippen LogP contribution is 2.26. The van der Waals surface area contributed by atoms with Crippen molar-refractivity contribution in [2.24, 2.45) is 0 Å². The smallest absolute Gasteiger partial charge is 0.337 e. The Morgan fingerprint density at radius 2 is 2.31 bits per heavy atom. The van der Waals surface area contributed by atoms with Crippen LogP contribution in [0.5, 0.6) is 0 Å². The second-order valence-electron chi connectivity index (χ2n) is 3.10. The van der Waals surface area contributed by atoms with Gasteiger partial charge in [-0.05, 0) is 28.1 Å². The minimum atomic E-state index is -0.458. The van der Waals surface area contributed by atoms with E-state index in [1.54, 1.807) is 12.1 Å². The number of benzene rings is 1. The highest BCUT2D eigenvalue weighted by molar-refractivity contribution is 9.10. The minimum absolute atomic E-state index is 0.335. The molecular weight excluding hydrogens is 276 g/mol. The van der Waals surface area contributed by atoms with Gasteiger partial charge in [-0.25, -0.2) is 4.79 Å². The molecule has 1 aromatic carbocycles. The molecule has 6 heteroatoms. The zero-order chi connectivity index (χ0) is 11.7. The third kappa shape index (κ3) is 1.61. The molecule has 2 rings (SSSR count). The van der Waals surface area contributed by atoms with Gasteiger partial charge in [0.15, 0.2) is 6.29 Å². The van der Waals surface area contributed by atoms with Crippen molar-refractivity contribution < 1.29 is 14.3 Å². The summed E-state index contributed by atoms with van der Waals surface area (Å²) in [5.74, 6) is -0.458. The number of halogens is 1. The molecule has 1 heterocycles. The zero-order valence-corrected chi connectivity index (χ0v) is 9.87. The van der Waals surface area contributed by atoms with Crippen molar-refractivity contribution in [2.45, 2.75) is 0 Å². The van der Waals surface area contributed by atoms with Gasteiger partial charge in [0.25, 0.3) is 0 Å². The standard InChI is InChI=1S/C10H7BrN2O3/c1-16-10(15)5-2-6-8(4-14)12-13-9(6)7(11)3-5/h2-4H,1H3,(H,12,13). The van der Waals surface area contributed by atoms with Crippen molar-refractivity contribution >= 4 is 39.1 Å². The van der Waals surface area contributed by atoms with E-state index in [-0.39, 0.29) is 0 Å². The lowest BCUT2D eigenvalue weighted by Crippen LogP contribution is -2.01. The van der Waals surface area contributed by atoms with E-state index < -0.39 is 5.97 Å². The Morgan fingerprint density at radius 3 is 2.94 bits per heavy atom. The number of hydrogen-bond acceptors (Lipinski definition) is 4. The van der Waals surface area contributed by atoms with Crippen molar-refractivity contribution in [3.63, 3.8) is 0 Å². The number of aromatic amines is 1. The number of carbonyl (C=O) groups excluding carboxylic acids is 2. The van der Waals surface area contributed by atoms with Gasteiger partial charge in [-0.2, -0.15) is 5.10 Å². The summed E-state index contributed by atoms with van der Waals surface area (Å²) in [7, 11) is 1.30. The largest absolute Gasteiger partial charge is 0.465 e. The highest BCUT2D eigenvalue weighted by Gasteiger charge is 2.13. The first-order chi connectivity index (χ1) is 7.67. The van der Waals surface area contributed by atoms with Crippen LogP contribution in [-0.4, -0.2) is 29.6 Å². The maximum absolute atomic E-state index is 11.4. The Balaban J connectivity index is 2.72. The second kappa shape index (κ2) is 4.05. The number of rotatable bonds is 2. The van der Waals surface area contributed by atoms with E-state index in [4.69, 9.17) is 0 Å². The fourth-order valence-electron chi connectivity index (χ4n) is 1.42. The van der Waals surface area contributed by atoms with Crippen molar-refractivity contribution in [1.29, 1.82) is 0 Å². The average Bonchev–Trinajstić information content (AvgIpc) is 2.71. The Hall–Kier alpha value is -1.69. The number of fused-ring (bicyclic) bond motifs is 1. The third-order valence-electron chi connectivity index (χ3n) is 2.18. The molecule has 0 aliphatic rings. The molecule has 0 spiro atoms. The van der Waals surface area contributed by atoms with Crippen LogP contribution in [0.3, 0.4) is 0 Å². The van der Waals surface area contributed by atoms with Crippen LogP contribution in [0.2, 0.25) is 0 Å². The van der Waals surface area contributed by atoms with Crippen molar-refractivity contribution in [1.82, 2.24) is 10.2 Å². The van der Waals surface area contributed by atoms with Gasteiger partial charge in [0.05, 0.1) is 12.7 Å². The molecule has 0 bridgehead atoms. The molecule has 0 amide bonds. The molecule has 5 nitrogen and oxygen atoms in total. The van der Waals surface area contributed by atoms with Gasteiger partial charge < -0.3 is 4.74 Å². The summed E-state index contributed by atoms with van der Waals surface area (Å²) in [5, 5.41) is 7.14. The number of aldehydes is 1. The normalized spacial score (nSPS) is 10.4. The van der Waals surface area contributed by atoms with Crippen LogP contribution in [0, 0.1) is 0 Å². The molecule has 2 aromatic rings. The van der Waals surface area contributed by atoms with Crippen LogP contribution in [-0.2, 0) is 4.74 Å². The molecule has 0 atom stereocenters. The number of carbonyl (C=O) groups is 2. The number of esters is 1. The molecule has 82 valence electrons. The van der Waals surface area contributed by atoms with Gasteiger partial charge in [0, 0.05) is 9.86 Å². The van der Waals surface area contributed by atoms with Gasteiger partial charge in [-0.3, -0.25) is 9.89 Å². The number of ether oxygens (including phenoxy) is 1. The maximum atomic E-state index is 11.4. The molecule has 0 aliphatic carbocycles. The van der Waals surface area contributed by atoms with Crippen molar-refractivity contribution in [3.05, 3.63) is 27.9 Å². The van der Waals surface area contributed by atoms with Crippen LogP contribution < -0.4 is 0 Å². The lowest BCUT2D eigenvalue weighted by Gasteiger charge is -2.00. The molecular formula is C10H7BrN2O3. The van der Waals surface area contributed by atoms with Crippen LogP contribution in [0.15, 0.2) is 16.6 Å². The van der Waals surface area contributed by atoms with E-state index in [0.717, 1.165) is 0 Å². The molecule has 0 saturated carbocycles. The van der Waals surface area contributed by atoms with Crippen molar-refractivity contribution in [2.75, 3.05) is 7.11 Å². The number of hydrogen-bond donors (Lipinski definition) is 1. The molecule has 0 aliphatic heterocycles. The Kier molecular flexibility index (Phi) is 2.74. The number of nitrogens with zero attached hydrogens (tertiary/aromatic N) is 1. The summed E-state index contributed by atoms with van der Waals surface area (Å²) in [5.41, 5.74) is 1.31. The van der Waals surface area contributed by atoms with Gasteiger partial charge in [0.1, 0.15) is 11.2 Å². The van der Waals surface area contributed by atoms with Crippen LogP contribution in [0.4, 0.5) is 0 Å². The molecule has 0 fully saturated rings. The van der Waals surface area contributed by atoms with E-state index in [0.29, 0.717) is 32.9 Å². The molecule has 0 saturated heterocycles. The van der Waals surface area contributed by atoms with E-state index in [9.17, 15) is 9.59 Å². The number of nitrogens with one attached hydrogen (secondary N) is 1. The Labute approximate surface area is 98.9 Å². The van der Waals surface area contributed by atoms with Gasteiger partial charge in [-0.15, -0.1) is 0 Å². The zero-order valence-electron chi connectivity index (χ0n) is 8.28. The molecule has 1 aromatic heterocycles. The monoisotopic (exact) mass is 282 g/mol. The summed E-state index contributed by atoms with van der Waals surface area (Å²) in [6, 6.07) is 3.17. The number of methoxy groups -OCH3 is 1. The lowest BCUT2D eigenvalue weighted by atomic mass is 10.1. The van der Waals surface area contributed by atoms with Gasteiger partial charge in [0.2, 0.25) is 0 Å². The van der Waals surface area contributed by atoms with Crippen LogP contribution in [0.1, 0.15) is 20.8 Å². The SMILES string of the molecule is COC(=O)c1cc(Br)c2n[nH]c(C=O)c2c1. The predicted octanol–water partition coefficient (Wildman–Crippen LogP) is 1.92. The van der Waals surface area contributed by atoms with E-state index in [1.807, 2.05) is 0 Å².